The van der Waals surface area contributed by atoms with Gasteiger partial charge in [0.05, 0.1) is 6.61 Å². The molecule has 2 heterocycles. The third-order valence-electron chi connectivity index (χ3n) is 4.24. The summed E-state index contributed by atoms with van der Waals surface area (Å²) >= 11 is 0. The Morgan fingerprint density at radius 3 is 2.96 bits per heavy atom. The Morgan fingerprint density at radius 1 is 1.43 bits per heavy atom. The summed E-state index contributed by atoms with van der Waals surface area (Å²) in [7, 11) is 0. The molecule has 128 valence electrons. The first-order valence-electron chi connectivity index (χ1n) is 8.44. The average molecular weight is 320 g/mol. The first kappa shape index (κ1) is 17.7. The molecule has 1 aromatic rings. The number of rotatable bonds is 6. The molecule has 1 fully saturated rings. The molecule has 1 saturated heterocycles. The largest absolute Gasteiger partial charge is 0.380 e. The SMILES string of the molecule is CCOCCN1CCN(C(=O)Nc2cc(C)ccn2)CC1CC. The molecule has 1 N–H and O–H groups in total. The van der Waals surface area contributed by atoms with Gasteiger partial charge in [0.25, 0.3) is 0 Å². The molecule has 6 nitrogen and oxygen atoms in total. The van der Waals surface area contributed by atoms with Gasteiger partial charge in [-0.3, -0.25) is 10.2 Å². The highest BCUT2D eigenvalue weighted by Crippen LogP contribution is 2.14. The van der Waals surface area contributed by atoms with Crippen LogP contribution in [-0.4, -0.2) is 66.2 Å². The van der Waals surface area contributed by atoms with Crippen LogP contribution in [0.5, 0.6) is 0 Å². The highest BCUT2D eigenvalue weighted by Gasteiger charge is 2.28. The number of carbonyl (C=O) groups excluding carboxylic acids is 1. The van der Waals surface area contributed by atoms with Crippen molar-refractivity contribution < 1.29 is 9.53 Å². The Balaban J connectivity index is 1.88. The van der Waals surface area contributed by atoms with E-state index in [2.05, 4.69) is 22.1 Å². The van der Waals surface area contributed by atoms with E-state index in [1.165, 1.54) is 0 Å². The van der Waals surface area contributed by atoms with E-state index in [-0.39, 0.29) is 6.03 Å². The lowest BCUT2D eigenvalue weighted by molar-refractivity contribution is 0.0545. The molecule has 2 rings (SSSR count). The van der Waals surface area contributed by atoms with Crippen molar-refractivity contribution in [3.63, 3.8) is 0 Å². The quantitative estimate of drug-likeness (QED) is 0.818. The average Bonchev–Trinajstić information content (AvgIpc) is 2.55. The van der Waals surface area contributed by atoms with E-state index in [1.54, 1.807) is 6.20 Å². The number of ether oxygens (including phenoxy) is 1. The first-order chi connectivity index (χ1) is 11.1. The molecule has 1 aromatic heterocycles. The number of nitrogens with zero attached hydrogens (tertiary/aromatic N) is 3. The van der Waals surface area contributed by atoms with Crippen LogP contribution in [0.25, 0.3) is 0 Å². The Labute approximate surface area is 138 Å². The van der Waals surface area contributed by atoms with Gasteiger partial charge in [-0.05, 0) is 38.0 Å². The monoisotopic (exact) mass is 320 g/mol. The fraction of sp³-hybridized carbons (Fsp3) is 0.647. The Kier molecular flexibility index (Phi) is 6.80. The van der Waals surface area contributed by atoms with E-state index in [0.717, 1.165) is 51.4 Å². The predicted octanol–water partition coefficient (Wildman–Crippen LogP) is 2.35. The maximum atomic E-state index is 12.4. The third kappa shape index (κ3) is 5.18. The summed E-state index contributed by atoms with van der Waals surface area (Å²) < 4.78 is 5.45. The summed E-state index contributed by atoms with van der Waals surface area (Å²) in [6.45, 7) is 11.0. The molecular weight excluding hydrogens is 292 g/mol. The summed E-state index contributed by atoms with van der Waals surface area (Å²) in [6.07, 6.45) is 2.74. The second-order valence-corrected chi connectivity index (χ2v) is 5.89. The molecule has 0 aromatic carbocycles. The van der Waals surface area contributed by atoms with Crippen LogP contribution in [0.15, 0.2) is 18.3 Å². The predicted molar refractivity (Wildman–Crippen MR) is 91.7 cm³/mol. The van der Waals surface area contributed by atoms with Crippen LogP contribution in [-0.2, 0) is 4.74 Å². The molecule has 0 saturated carbocycles. The number of pyridine rings is 1. The Morgan fingerprint density at radius 2 is 2.26 bits per heavy atom. The van der Waals surface area contributed by atoms with Crippen molar-refractivity contribution in [2.75, 3.05) is 44.7 Å². The van der Waals surface area contributed by atoms with Gasteiger partial charge >= 0.3 is 6.03 Å². The summed E-state index contributed by atoms with van der Waals surface area (Å²) in [5.41, 5.74) is 1.09. The van der Waals surface area contributed by atoms with Gasteiger partial charge in [-0.2, -0.15) is 0 Å². The molecule has 0 radical (unpaired) electrons. The van der Waals surface area contributed by atoms with Gasteiger partial charge in [0.15, 0.2) is 0 Å². The van der Waals surface area contributed by atoms with E-state index in [9.17, 15) is 4.79 Å². The third-order valence-corrected chi connectivity index (χ3v) is 4.24. The molecule has 0 spiro atoms. The molecule has 2 amide bonds. The number of nitrogens with one attached hydrogen (secondary N) is 1. The van der Waals surface area contributed by atoms with Gasteiger partial charge in [0, 0.05) is 45.0 Å². The van der Waals surface area contributed by atoms with Crippen LogP contribution in [0.3, 0.4) is 0 Å². The van der Waals surface area contributed by atoms with E-state index in [4.69, 9.17) is 4.74 Å². The molecular formula is C17H28N4O2. The van der Waals surface area contributed by atoms with Crippen LogP contribution in [0.2, 0.25) is 0 Å². The molecule has 1 atom stereocenters. The summed E-state index contributed by atoms with van der Waals surface area (Å²) in [5, 5.41) is 2.90. The number of amides is 2. The van der Waals surface area contributed by atoms with Crippen molar-refractivity contribution in [3.8, 4) is 0 Å². The minimum Gasteiger partial charge on any atom is -0.380 e. The second kappa shape index (κ2) is 8.84. The lowest BCUT2D eigenvalue weighted by atomic mass is 10.1. The number of hydrogen-bond donors (Lipinski definition) is 1. The van der Waals surface area contributed by atoms with Crippen LogP contribution in [0, 0.1) is 6.92 Å². The van der Waals surface area contributed by atoms with Gasteiger partial charge in [0.2, 0.25) is 0 Å². The topological polar surface area (TPSA) is 57.7 Å². The number of anilines is 1. The fourth-order valence-corrected chi connectivity index (χ4v) is 2.88. The van der Waals surface area contributed by atoms with Crippen molar-refractivity contribution in [1.29, 1.82) is 0 Å². The molecule has 1 aliphatic heterocycles. The summed E-state index contributed by atoms with van der Waals surface area (Å²) in [5.74, 6) is 0.613. The van der Waals surface area contributed by atoms with Crippen molar-refractivity contribution >= 4 is 11.8 Å². The Hall–Kier alpha value is -1.66. The number of carbonyl (C=O) groups is 1. The number of piperazine rings is 1. The zero-order chi connectivity index (χ0) is 16.7. The standard InChI is InChI=1S/C17H28N4O2/c1-4-15-13-21(9-8-20(15)10-11-23-5-2)17(22)19-16-12-14(3)6-7-18-16/h6-7,12,15H,4-5,8-11,13H2,1-3H3,(H,18,19,22). The Bertz CT molecular complexity index is 509. The first-order valence-corrected chi connectivity index (χ1v) is 8.44. The highest BCUT2D eigenvalue weighted by atomic mass is 16.5. The fourth-order valence-electron chi connectivity index (χ4n) is 2.88. The summed E-state index contributed by atoms with van der Waals surface area (Å²) in [4.78, 5) is 20.9. The maximum absolute atomic E-state index is 12.4. The normalized spacial score (nSPS) is 18.9. The van der Waals surface area contributed by atoms with Crippen molar-refractivity contribution in [3.05, 3.63) is 23.9 Å². The van der Waals surface area contributed by atoms with Crippen LogP contribution in [0.1, 0.15) is 25.8 Å². The second-order valence-electron chi connectivity index (χ2n) is 5.89. The van der Waals surface area contributed by atoms with Crippen molar-refractivity contribution in [2.45, 2.75) is 33.2 Å². The van der Waals surface area contributed by atoms with E-state index < -0.39 is 0 Å². The van der Waals surface area contributed by atoms with E-state index >= 15 is 0 Å². The zero-order valence-electron chi connectivity index (χ0n) is 14.4. The van der Waals surface area contributed by atoms with Crippen LogP contribution < -0.4 is 5.32 Å². The van der Waals surface area contributed by atoms with Crippen LogP contribution in [0.4, 0.5) is 10.6 Å². The molecule has 0 bridgehead atoms. The molecule has 1 aliphatic rings. The van der Waals surface area contributed by atoms with Gasteiger partial charge < -0.3 is 9.64 Å². The van der Waals surface area contributed by atoms with E-state index in [0.29, 0.717) is 11.9 Å². The lowest BCUT2D eigenvalue weighted by Gasteiger charge is -2.41. The highest BCUT2D eigenvalue weighted by molar-refractivity contribution is 5.88. The molecule has 1 unspecified atom stereocenters. The van der Waals surface area contributed by atoms with Gasteiger partial charge in [-0.25, -0.2) is 9.78 Å². The lowest BCUT2D eigenvalue weighted by Crippen LogP contribution is -2.56. The molecule has 23 heavy (non-hydrogen) atoms. The smallest absolute Gasteiger partial charge is 0.323 e. The zero-order valence-corrected chi connectivity index (χ0v) is 14.4. The van der Waals surface area contributed by atoms with Gasteiger partial charge in [-0.15, -0.1) is 0 Å². The number of aryl methyl sites for hydroxylation is 1. The molecule has 6 heteroatoms. The number of hydrogen-bond acceptors (Lipinski definition) is 4. The van der Waals surface area contributed by atoms with Crippen molar-refractivity contribution in [1.82, 2.24) is 14.8 Å². The van der Waals surface area contributed by atoms with E-state index in [1.807, 2.05) is 30.9 Å². The van der Waals surface area contributed by atoms with Gasteiger partial charge in [0.1, 0.15) is 5.82 Å². The van der Waals surface area contributed by atoms with Crippen molar-refractivity contribution in [2.24, 2.45) is 0 Å². The number of aromatic nitrogens is 1. The maximum Gasteiger partial charge on any atom is 0.323 e. The van der Waals surface area contributed by atoms with Crippen LogP contribution >= 0.6 is 0 Å². The minimum atomic E-state index is -0.0639. The molecule has 0 aliphatic carbocycles. The summed E-state index contributed by atoms with van der Waals surface area (Å²) in [6, 6.07) is 4.12. The number of urea groups is 1. The minimum absolute atomic E-state index is 0.0639. The van der Waals surface area contributed by atoms with Gasteiger partial charge in [-0.1, -0.05) is 6.92 Å².